The largest absolute Gasteiger partial charge is 0.358 e. The average molecular weight is 389 g/mol. The molecule has 0 spiro atoms. The number of anilines is 1. The van der Waals surface area contributed by atoms with Gasteiger partial charge < -0.3 is 5.32 Å². The lowest BCUT2D eigenvalue weighted by atomic mass is 9.68. The number of ketones is 1. The minimum absolute atomic E-state index is 0.0478. The number of carbonyl (C=O) groups is 1. The second-order valence-corrected chi connectivity index (χ2v) is 8.98. The monoisotopic (exact) mass is 388 g/mol. The van der Waals surface area contributed by atoms with Crippen molar-refractivity contribution in [2.24, 2.45) is 5.41 Å². The van der Waals surface area contributed by atoms with Crippen molar-refractivity contribution in [3.63, 3.8) is 0 Å². The van der Waals surface area contributed by atoms with Gasteiger partial charge >= 0.3 is 0 Å². The molecule has 1 aliphatic heterocycles. The third kappa shape index (κ3) is 2.73. The summed E-state index contributed by atoms with van der Waals surface area (Å²) in [6.45, 7) is 4.32. The number of fused-ring (bicyclic) bond motifs is 3. The van der Waals surface area contributed by atoms with Crippen LogP contribution in [0.2, 0.25) is 5.02 Å². The number of Topliss-reactive ketones (excluding diaryl/α,β-unsaturated/α-hetero) is 1. The molecule has 3 nitrogen and oxygen atoms in total. The Balaban J connectivity index is 1.79. The van der Waals surface area contributed by atoms with E-state index >= 15 is 0 Å². The number of pyridine rings is 1. The van der Waals surface area contributed by atoms with E-state index in [2.05, 4.69) is 36.3 Å². The molecule has 0 radical (unpaired) electrons. The number of nitrogens with zero attached hydrogens (tertiary/aromatic N) is 1. The molecule has 140 valence electrons. The molecule has 1 unspecified atom stereocenters. The topological polar surface area (TPSA) is 42.0 Å². The van der Waals surface area contributed by atoms with E-state index in [1.807, 2.05) is 42.6 Å². The number of aromatic nitrogens is 1. The first-order chi connectivity index (χ1) is 13.4. The maximum Gasteiger partial charge on any atom is 0.162 e. The Bertz CT molecular complexity index is 1140. The quantitative estimate of drug-likeness (QED) is 0.548. The second-order valence-electron chi connectivity index (χ2n) is 8.54. The summed E-state index contributed by atoms with van der Waals surface area (Å²) in [7, 11) is 0. The van der Waals surface area contributed by atoms with Gasteiger partial charge in [0.15, 0.2) is 5.78 Å². The molecular weight excluding hydrogens is 368 g/mol. The van der Waals surface area contributed by atoms with Gasteiger partial charge in [-0.1, -0.05) is 43.6 Å². The van der Waals surface area contributed by atoms with Gasteiger partial charge in [0, 0.05) is 40.2 Å². The van der Waals surface area contributed by atoms with Crippen molar-refractivity contribution in [2.75, 3.05) is 5.32 Å². The van der Waals surface area contributed by atoms with Crippen LogP contribution in [0.25, 0.3) is 10.9 Å². The first-order valence-corrected chi connectivity index (χ1v) is 9.97. The molecule has 1 aliphatic carbocycles. The lowest BCUT2D eigenvalue weighted by Gasteiger charge is -2.39. The number of allylic oxidation sites excluding steroid dienone is 2. The van der Waals surface area contributed by atoms with Crippen LogP contribution in [0.5, 0.6) is 0 Å². The molecule has 0 amide bonds. The Morgan fingerprint density at radius 2 is 1.86 bits per heavy atom. The van der Waals surface area contributed by atoms with Gasteiger partial charge in [-0.05, 0) is 53.3 Å². The predicted octanol–water partition coefficient (Wildman–Crippen LogP) is 6.09. The predicted molar refractivity (Wildman–Crippen MR) is 114 cm³/mol. The molecule has 3 aromatic rings. The summed E-state index contributed by atoms with van der Waals surface area (Å²) in [5, 5.41) is 5.42. The summed E-state index contributed by atoms with van der Waals surface area (Å²) in [5.41, 5.74) is 6.13. The van der Waals surface area contributed by atoms with E-state index in [0.29, 0.717) is 11.4 Å². The molecule has 2 aromatic carbocycles. The second kappa shape index (κ2) is 6.18. The highest BCUT2D eigenvalue weighted by atomic mass is 35.5. The lowest BCUT2D eigenvalue weighted by Crippen LogP contribution is -2.33. The summed E-state index contributed by atoms with van der Waals surface area (Å²) in [5.74, 6) is 0.146. The van der Waals surface area contributed by atoms with Gasteiger partial charge in [0.25, 0.3) is 0 Å². The number of halogens is 1. The highest BCUT2D eigenvalue weighted by Crippen LogP contribution is 2.50. The number of nitrogens with one attached hydrogen (secondary N) is 1. The van der Waals surface area contributed by atoms with Crippen molar-refractivity contribution in [3.05, 3.63) is 82.1 Å². The Labute approximate surface area is 169 Å². The zero-order valence-electron chi connectivity index (χ0n) is 15.9. The molecule has 1 atom stereocenters. The molecular formula is C24H21ClN2O. The zero-order chi connectivity index (χ0) is 19.5. The molecule has 5 rings (SSSR count). The first kappa shape index (κ1) is 17.4. The van der Waals surface area contributed by atoms with E-state index in [4.69, 9.17) is 11.6 Å². The average Bonchev–Trinajstić information content (AvgIpc) is 2.66. The maximum atomic E-state index is 13.2. The minimum Gasteiger partial charge on any atom is -0.358 e. The Morgan fingerprint density at radius 1 is 1.07 bits per heavy atom. The zero-order valence-corrected chi connectivity index (χ0v) is 16.7. The van der Waals surface area contributed by atoms with Crippen LogP contribution in [0.15, 0.2) is 66.0 Å². The first-order valence-electron chi connectivity index (χ1n) is 9.59. The van der Waals surface area contributed by atoms with Crippen LogP contribution in [0.4, 0.5) is 5.69 Å². The molecule has 0 bridgehead atoms. The summed E-state index contributed by atoms with van der Waals surface area (Å²) >= 11 is 6.13. The van der Waals surface area contributed by atoms with Gasteiger partial charge in [0.1, 0.15) is 0 Å². The SMILES string of the molecule is CC1(C)CC(=O)C2=C(C1)Nc1c(ccc3ncccc13)C2c1ccc(Cl)cc1. The van der Waals surface area contributed by atoms with E-state index < -0.39 is 0 Å². The normalized spacial score (nSPS) is 20.5. The van der Waals surface area contributed by atoms with Gasteiger partial charge in [-0.25, -0.2) is 0 Å². The molecule has 28 heavy (non-hydrogen) atoms. The van der Waals surface area contributed by atoms with Gasteiger partial charge in [0.2, 0.25) is 0 Å². The van der Waals surface area contributed by atoms with Gasteiger partial charge in [-0.15, -0.1) is 0 Å². The number of carbonyl (C=O) groups excluding carboxylic acids is 1. The van der Waals surface area contributed by atoms with Crippen molar-refractivity contribution in [1.82, 2.24) is 4.98 Å². The third-order valence-electron chi connectivity index (χ3n) is 5.82. The van der Waals surface area contributed by atoms with Gasteiger partial charge in [-0.2, -0.15) is 0 Å². The summed E-state index contributed by atoms with van der Waals surface area (Å²) in [6, 6.07) is 16.1. The Kier molecular flexibility index (Phi) is 3.85. The molecule has 1 aromatic heterocycles. The smallest absolute Gasteiger partial charge is 0.162 e. The molecule has 0 saturated carbocycles. The Morgan fingerprint density at radius 3 is 2.64 bits per heavy atom. The van der Waals surface area contributed by atoms with Crippen LogP contribution in [0.1, 0.15) is 43.7 Å². The number of benzene rings is 2. The molecule has 4 heteroatoms. The van der Waals surface area contributed by atoms with Crippen LogP contribution in [0.3, 0.4) is 0 Å². The fourth-order valence-corrected chi connectivity index (χ4v) is 4.76. The third-order valence-corrected chi connectivity index (χ3v) is 6.07. The van der Waals surface area contributed by atoms with Gasteiger partial charge in [0.05, 0.1) is 11.2 Å². The summed E-state index contributed by atoms with van der Waals surface area (Å²) in [4.78, 5) is 17.7. The van der Waals surface area contributed by atoms with Crippen molar-refractivity contribution < 1.29 is 4.79 Å². The van der Waals surface area contributed by atoms with E-state index in [1.165, 1.54) is 0 Å². The number of hydrogen-bond acceptors (Lipinski definition) is 3. The molecule has 0 fully saturated rings. The molecule has 2 aliphatic rings. The standard InChI is InChI=1S/C24H21ClN2O/c1-24(2)12-19-22(20(28)13-24)21(14-5-7-15(25)8-6-14)17-9-10-18-16(23(17)27-19)4-3-11-26-18/h3-11,21,27H,12-13H2,1-2H3. The number of hydrogen-bond donors (Lipinski definition) is 1. The van der Waals surface area contributed by atoms with Crippen LogP contribution in [-0.2, 0) is 4.79 Å². The number of rotatable bonds is 1. The van der Waals surface area contributed by atoms with Crippen LogP contribution in [-0.4, -0.2) is 10.8 Å². The highest BCUT2D eigenvalue weighted by Gasteiger charge is 2.40. The summed E-state index contributed by atoms with van der Waals surface area (Å²) < 4.78 is 0. The fourth-order valence-electron chi connectivity index (χ4n) is 4.64. The van der Waals surface area contributed by atoms with E-state index in [1.54, 1.807) is 0 Å². The van der Waals surface area contributed by atoms with E-state index in [-0.39, 0.29) is 17.1 Å². The van der Waals surface area contributed by atoms with Crippen molar-refractivity contribution >= 4 is 34.0 Å². The molecule has 1 N–H and O–H groups in total. The molecule has 0 saturated heterocycles. The van der Waals surface area contributed by atoms with Crippen molar-refractivity contribution in [3.8, 4) is 0 Å². The minimum atomic E-state index is -0.0864. The van der Waals surface area contributed by atoms with Gasteiger partial charge in [-0.3, -0.25) is 9.78 Å². The molecule has 2 heterocycles. The summed E-state index contributed by atoms with van der Waals surface area (Å²) in [6.07, 6.45) is 3.24. The maximum absolute atomic E-state index is 13.2. The van der Waals surface area contributed by atoms with Crippen LogP contribution in [0, 0.1) is 5.41 Å². The fraction of sp³-hybridized carbons (Fsp3) is 0.250. The Hall–Kier alpha value is -2.65. The van der Waals surface area contributed by atoms with Crippen molar-refractivity contribution in [1.29, 1.82) is 0 Å². The van der Waals surface area contributed by atoms with E-state index in [9.17, 15) is 4.79 Å². The van der Waals surface area contributed by atoms with Crippen molar-refractivity contribution in [2.45, 2.75) is 32.6 Å². The van der Waals surface area contributed by atoms with Crippen LogP contribution >= 0.6 is 11.6 Å². The van der Waals surface area contributed by atoms with Crippen LogP contribution < -0.4 is 5.32 Å². The van der Waals surface area contributed by atoms with E-state index in [0.717, 1.165) is 45.4 Å². The lowest BCUT2D eigenvalue weighted by molar-refractivity contribution is -0.118. The highest BCUT2D eigenvalue weighted by molar-refractivity contribution is 6.30.